The van der Waals surface area contributed by atoms with Crippen molar-refractivity contribution in [2.24, 2.45) is 0 Å². The molecule has 1 aliphatic rings. The maximum absolute atomic E-state index is 13.3. The van der Waals surface area contributed by atoms with Gasteiger partial charge in [-0.3, -0.25) is 19.0 Å². The fourth-order valence-corrected chi connectivity index (χ4v) is 2.04. The predicted molar refractivity (Wildman–Crippen MR) is 78.1 cm³/mol. The average Bonchev–Trinajstić information content (AvgIpc) is 2.61. The standard InChI is InChI=1S/C15H15N3O3/c1-8-17-11-4-2-3-10(16)14(11)15(21)18(8)12-6-5-9(19)7-13(12)20/h2-4,12H,5-7,16H2,1H3/i1D3,4D,5D2,6D2,12D. The van der Waals surface area contributed by atoms with Gasteiger partial charge in [-0.15, -0.1) is 0 Å². The molecule has 21 heavy (non-hydrogen) atoms. The summed E-state index contributed by atoms with van der Waals surface area (Å²) < 4.78 is 71.3. The number of nitrogens with two attached hydrogens (primary N) is 1. The van der Waals surface area contributed by atoms with E-state index < -0.39 is 65.9 Å². The smallest absolute Gasteiger partial charge is 0.264 e. The molecule has 1 heterocycles. The van der Waals surface area contributed by atoms with Gasteiger partial charge < -0.3 is 5.73 Å². The number of hydrogen-bond acceptors (Lipinski definition) is 5. The van der Waals surface area contributed by atoms with E-state index in [2.05, 4.69) is 4.98 Å². The van der Waals surface area contributed by atoms with Crippen molar-refractivity contribution in [2.75, 3.05) is 5.73 Å². The molecule has 1 atom stereocenters. The number of Topliss-reactive ketones (excluding diaryl/α,β-unsaturated/α-hetero) is 2. The Labute approximate surface area is 133 Å². The lowest BCUT2D eigenvalue weighted by Crippen LogP contribution is -2.36. The molecule has 1 saturated carbocycles. The normalized spacial score (nSPS) is 34.4. The van der Waals surface area contributed by atoms with Gasteiger partial charge in [0.1, 0.15) is 11.6 Å². The Bertz CT molecular complexity index is 1170. The van der Waals surface area contributed by atoms with Crippen molar-refractivity contribution in [1.82, 2.24) is 9.55 Å². The summed E-state index contributed by atoms with van der Waals surface area (Å²) >= 11 is 0. The molecule has 1 fully saturated rings. The molecule has 6 heteroatoms. The SMILES string of the molecule is [2H]c1ccc(N)c2c(=O)n(C3([2H])C(=O)CC(=O)C([2H])([2H])C3([2H])[2H])c(C([2H])([2H])[2H])nc12. The average molecular weight is 294 g/mol. The molecule has 2 aromatic rings. The predicted octanol–water partition coefficient (Wildman–Crippen LogP) is 1.15. The monoisotopic (exact) mass is 294 g/mol. The Balaban J connectivity index is 2.59. The summed E-state index contributed by atoms with van der Waals surface area (Å²) in [6, 6.07) is -1.56. The maximum Gasteiger partial charge on any atom is 0.264 e. The molecule has 3 rings (SSSR count). The van der Waals surface area contributed by atoms with Gasteiger partial charge in [-0.2, -0.15) is 0 Å². The first-order valence-corrected chi connectivity index (χ1v) is 5.89. The molecule has 1 aromatic heterocycles. The first-order chi connectivity index (χ1) is 13.5. The number of hydrogen-bond donors (Lipinski definition) is 1. The minimum atomic E-state index is -3.64. The van der Waals surface area contributed by atoms with E-state index in [1.807, 2.05) is 0 Å². The number of carbonyl (C=O) groups excluding carboxylic acids is 2. The Hall–Kier alpha value is -2.50. The Kier molecular flexibility index (Phi) is 1.49. The number of nitrogen functional groups attached to an aromatic ring is 1. The van der Waals surface area contributed by atoms with E-state index in [0.29, 0.717) is 0 Å². The molecule has 0 radical (unpaired) electrons. The number of ketones is 2. The number of fused-ring (bicyclic) bond motifs is 1. The van der Waals surface area contributed by atoms with E-state index in [-0.39, 0.29) is 16.3 Å². The van der Waals surface area contributed by atoms with Gasteiger partial charge >= 0.3 is 0 Å². The summed E-state index contributed by atoms with van der Waals surface area (Å²) in [5.41, 5.74) is 3.65. The number of rotatable bonds is 1. The Morgan fingerprint density at radius 1 is 1.57 bits per heavy atom. The lowest BCUT2D eigenvalue weighted by molar-refractivity contribution is -0.132. The molecule has 0 spiro atoms. The van der Waals surface area contributed by atoms with E-state index in [9.17, 15) is 14.4 Å². The molecule has 0 aliphatic heterocycles. The number of nitrogens with zero attached hydrogens (tertiary/aromatic N) is 2. The molecule has 1 aromatic carbocycles. The number of carbonyl (C=O) groups is 2. The number of anilines is 1. The molecule has 2 N–H and O–H groups in total. The summed E-state index contributed by atoms with van der Waals surface area (Å²) in [5.74, 6) is -4.15. The fourth-order valence-electron chi connectivity index (χ4n) is 2.04. The molecule has 0 bridgehead atoms. The van der Waals surface area contributed by atoms with Crippen LogP contribution in [0.3, 0.4) is 0 Å². The molecule has 0 saturated heterocycles. The van der Waals surface area contributed by atoms with Crippen LogP contribution < -0.4 is 11.3 Å². The van der Waals surface area contributed by atoms with Crippen LogP contribution in [0.15, 0.2) is 23.0 Å². The quantitative estimate of drug-likeness (QED) is 0.629. The summed E-state index contributed by atoms with van der Waals surface area (Å²) in [6.45, 7) is -3.26. The van der Waals surface area contributed by atoms with Crippen molar-refractivity contribution in [3.8, 4) is 0 Å². The first-order valence-electron chi connectivity index (χ1n) is 10.4. The largest absolute Gasteiger partial charge is 0.398 e. The second-order valence-corrected chi connectivity index (χ2v) is 4.35. The number of aromatic nitrogens is 2. The maximum atomic E-state index is 13.3. The summed E-state index contributed by atoms with van der Waals surface area (Å²) in [6.07, 6.45) is -8.25. The molecule has 0 amide bonds. The third kappa shape index (κ3) is 2.12. The number of benzene rings is 1. The van der Waals surface area contributed by atoms with Crippen molar-refractivity contribution in [3.63, 3.8) is 0 Å². The molecule has 1 aliphatic carbocycles. The van der Waals surface area contributed by atoms with Crippen LogP contribution in [0.1, 0.15) is 43.3 Å². The van der Waals surface area contributed by atoms with Crippen molar-refractivity contribution in [3.05, 3.63) is 34.4 Å². The van der Waals surface area contributed by atoms with E-state index in [0.717, 1.165) is 12.1 Å². The first kappa shape index (κ1) is 6.51. The van der Waals surface area contributed by atoms with Gasteiger partial charge in [0.15, 0.2) is 5.78 Å². The van der Waals surface area contributed by atoms with Crippen molar-refractivity contribution in [2.45, 2.75) is 32.0 Å². The molecular formula is C15H15N3O3. The molecule has 6 nitrogen and oxygen atoms in total. The van der Waals surface area contributed by atoms with E-state index in [1.165, 1.54) is 0 Å². The summed E-state index contributed by atoms with van der Waals surface area (Å²) in [5, 5.41) is -0.525. The van der Waals surface area contributed by atoms with Crippen LogP contribution in [0.5, 0.6) is 0 Å². The highest BCUT2D eigenvalue weighted by molar-refractivity contribution is 6.03. The number of aryl methyl sites for hydroxylation is 1. The minimum absolute atomic E-state index is 0.0509. The van der Waals surface area contributed by atoms with Gasteiger partial charge in [-0.1, -0.05) is 6.07 Å². The van der Waals surface area contributed by atoms with Gasteiger partial charge in [-0.25, -0.2) is 4.98 Å². The highest BCUT2D eigenvalue weighted by atomic mass is 16.2. The van der Waals surface area contributed by atoms with Crippen LogP contribution in [0.2, 0.25) is 0 Å². The lowest BCUT2D eigenvalue weighted by atomic mass is 9.92. The van der Waals surface area contributed by atoms with Crippen LogP contribution >= 0.6 is 0 Å². The van der Waals surface area contributed by atoms with Crippen molar-refractivity contribution in [1.29, 1.82) is 0 Å². The van der Waals surface area contributed by atoms with Crippen LogP contribution in [-0.2, 0) is 9.59 Å². The second kappa shape index (κ2) is 4.80. The zero-order valence-corrected chi connectivity index (χ0v) is 10.6. The van der Waals surface area contributed by atoms with E-state index in [1.54, 1.807) is 0 Å². The van der Waals surface area contributed by atoms with Crippen LogP contribution in [0.4, 0.5) is 5.69 Å². The molecule has 108 valence electrons. The minimum Gasteiger partial charge on any atom is -0.398 e. The van der Waals surface area contributed by atoms with Gasteiger partial charge in [0.05, 0.1) is 26.1 Å². The zero-order chi connectivity index (χ0) is 23.0. The van der Waals surface area contributed by atoms with Crippen LogP contribution in [0, 0.1) is 6.85 Å². The van der Waals surface area contributed by atoms with Gasteiger partial charge in [0.25, 0.3) is 5.56 Å². The van der Waals surface area contributed by atoms with Crippen LogP contribution in [-0.4, -0.2) is 21.1 Å². The summed E-state index contributed by atoms with van der Waals surface area (Å²) in [7, 11) is 0. The topological polar surface area (TPSA) is 95.0 Å². The van der Waals surface area contributed by atoms with Gasteiger partial charge in [0, 0.05) is 21.7 Å². The van der Waals surface area contributed by atoms with E-state index >= 15 is 0 Å². The lowest BCUT2D eigenvalue weighted by Gasteiger charge is -2.24. The zero-order valence-electron chi connectivity index (χ0n) is 19.6. The van der Waals surface area contributed by atoms with Crippen molar-refractivity contribution < 1.29 is 21.9 Å². The molecule has 1 unspecified atom stereocenters. The highest BCUT2D eigenvalue weighted by Crippen LogP contribution is 2.24. The highest BCUT2D eigenvalue weighted by Gasteiger charge is 2.30. The fraction of sp³-hybridized carbons (Fsp3) is 0.333. The third-order valence-electron chi connectivity index (χ3n) is 2.98. The second-order valence-electron chi connectivity index (χ2n) is 4.35. The van der Waals surface area contributed by atoms with E-state index in [4.69, 9.17) is 18.1 Å². The van der Waals surface area contributed by atoms with Crippen LogP contribution in [0.25, 0.3) is 10.9 Å². The molecular weight excluding hydrogens is 270 g/mol. The van der Waals surface area contributed by atoms with Crippen molar-refractivity contribution >= 4 is 28.2 Å². The van der Waals surface area contributed by atoms with Gasteiger partial charge in [-0.05, 0) is 25.3 Å². The summed E-state index contributed by atoms with van der Waals surface area (Å²) in [4.78, 5) is 41.7. The Morgan fingerprint density at radius 2 is 2.38 bits per heavy atom. The third-order valence-corrected chi connectivity index (χ3v) is 2.98. The Morgan fingerprint density at radius 3 is 3.14 bits per heavy atom. The van der Waals surface area contributed by atoms with Gasteiger partial charge in [0.2, 0.25) is 0 Å².